The molecule has 7 heteroatoms. The molecule has 0 bridgehead atoms. The largest absolute Gasteiger partial charge is 0.483 e. The number of carbonyl (C=O) groups is 1. The van der Waals surface area contributed by atoms with Crippen LogP contribution >= 0.6 is 23.4 Å². The van der Waals surface area contributed by atoms with Crippen molar-refractivity contribution in [3.05, 3.63) is 64.3 Å². The molecule has 1 aromatic carbocycles. The number of Topliss-reactive ketones (excluding diaryl/α,β-unsaturated/α-hetero) is 1. The van der Waals surface area contributed by atoms with Gasteiger partial charge in [0.2, 0.25) is 0 Å². The molecule has 0 aliphatic rings. The normalized spacial score (nSPS) is 13.5. The molecule has 2 atom stereocenters. The van der Waals surface area contributed by atoms with Crippen LogP contribution in [0.5, 0.6) is 5.75 Å². The maximum absolute atomic E-state index is 13.6. The van der Waals surface area contributed by atoms with Crippen molar-refractivity contribution in [2.45, 2.75) is 32.8 Å². The minimum atomic E-state index is -0.497. The highest BCUT2D eigenvalue weighted by atomic mass is 35.5. The average molecular weight is 409 g/mol. The van der Waals surface area contributed by atoms with Crippen molar-refractivity contribution >= 4 is 29.1 Å². The Balaban J connectivity index is 1.95. The van der Waals surface area contributed by atoms with Crippen molar-refractivity contribution in [1.82, 2.24) is 9.97 Å². The third-order valence-electron chi connectivity index (χ3n) is 3.98. The van der Waals surface area contributed by atoms with Gasteiger partial charge in [-0.15, -0.1) is 11.8 Å². The second kappa shape index (κ2) is 10.4. The summed E-state index contributed by atoms with van der Waals surface area (Å²) in [6.07, 6.45) is 7.61. The first-order valence-electron chi connectivity index (χ1n) is 8.57. The molecule has 27 heavy (non-hydrogen) atoms. The first-order chi connectivity index (χ1) is 12.9. The molecule has 0 aliphatic carbocycles. The number of hydrogen-bond acceptors (Lipinski definition) is 5. The van der Waals surface area contributed by atoms with Crippen molar-refractivity contribution < 1.29 is 13.9 Å². The zero-order chi connectivity index (χ0) is 19.8. The van der Waals surface area contributed by atoms with Gasteiger partial charge in [0.15, 0.2) is 17.4 Å². The lowest BCUT2D eigenvalue weighted by atomic mass is 10.0. The van der Waals surface area contributed by atoms with Crippen LogP contribution in [0, 0.1) is 11.7 Å². The average Bonchev–Trinajstić information content (AvgIpc) is 2.67. The van der Waals surface area contributed by atoms with Gasteiger partial charge in [0.1, 0.15) is 11.9 Å². The van der Waals surface area contributed by atoms with Gasteiger partial charge in [-0.05, 0) is 37.0 Å². The number of ether oxygens (including phenoxy) is 1. The van der Waals surface area contributed by atoms with Crippen molar-refractivity contribution in [1.29, 1.82) is 0 Å². The van der Waals surface area contributed by atoms with Crippen LogP contribution in [-0.2, 0) is 0 Å². The topological polar surface area (TPSA) is 52.1 Å². The van der Waals surface area contributed by atoms with Gasteiger partial charge in [0.05, 0.1) is 17.4 Å². The molecule has 144 valence electrons. The predicted molar refractivity (Wildman–Crippen MR) is 108 cm³/mol. The van der Waals surface area contributed by atoms with E-state index in [1.807, 2.05) is 11.7 Å². The zero-order valence-electron chi connectivity index (χ0n) is 15.5. The van der Waals surface area contributed by atoms with Gasteiger partial charge in [-0.25, -0.2) is 14.4 Å². The van der Waals surface area contributed by atoms with E-state index in [9.17, 15) is 9.18 Å². The van der Waals surface area contributed by atoms with Crippen molar-refractivity contribution in [3.8, 4) is 5.75 Å². The smallest absolute Gasteiger partial charge is 0.200 e. The summed E-state index contributed by atoms with van der Waals surface area (Å²) in [5, 5.41) is 2.05. The second-order valence-electron chi connectivity index (χ2n) is 6.15. The van der Waals surface area contributed by atoms with Crippen molar-refractivity contribution in [3.63, 3.8) is 0 Å². The lowest BCUT2D eigenvalue weighted by molar-refractivity contribution is 0.0966. The summed E-state index contributed by atoms with van der Waals surface area (Å²) in [5.41, 5.74) is 0.532. The number of carbonyl (C=O) groups excluding carboxylic acids is 1. The Bertz CT molecular complexity index is 799. The summed E-state index contributed by atoms with van der Waals surface area (Å²) in [4.78, 5) is 20.4. The first-order valence-corrected chi connectivity index (χ1v) is 10.2. The monoisotopic (exact) mass is 408 g/mol. The number of aromatic nitrogens is 2. The van der Waals surface area contributed by atoms with Crippen LogP contribution in [0.4, 0.5) is 4.39 Å². The van der Waals surface area contributed by atoms with Crippen molar-refractivity contribution in [2.24, 2.45) is 5.92 Å². The van der Waals surface area contributed by atoms with Crippen molar-refractivity contribution in [2.75, 3.05) is 6.26 Å². The van der Waals surface area contributed by atoms with Crippen LogP contribution in [0.3, 0.4) is 0 Å². The molecule has 0 radical (unpaired) electrons. The molecular weight excluding hydrogens is 387 g/mol. The highest BCUT2D eigenvalue weighted by molar-refractivity contribution is 8.01. The highest BCUT2D eigenvalue weighted by Crippen LogP contribution is 2.28. The molecule has 2 aromatic rings. The SMILES string of the molecule is CS/C=C/[C@@H](C)CCC(=O)c1ncc(O[C@@H](C)c2cccc(F)c2Cl)cn1. The van der Waals surface area contributed by atoms with E-state index in [1.165, 1.54) is 18.5 Å². The summed E-state index contributed by atoms with van der Waals surface area (Å²) in [7, 11) is 0. The third kappa shape index (κ3) is 6.33. The van der Waals surface area contributed by atoms with Crippen LogP contribution in [0.1, 0.15) is 49.0 Å². The van der Waals surface area contributed by atoms with E-state index >= 15 is 0 Å². The molecule has 4 nitrogen and oxygen atoms in total. The van der Waals surface area contributed by atoms with E-state index in [0.29, 0.717) is 23.7 Å². The Labute approximate surface area is 168 Å². The van der Waals surface area contributed by atoms with E-state index in [2.05, 4.69) is 23.0 Å². The Hall–Kier alpha value is -1.92. The number of thioether (sulfide) groups is 1. The van der Waals surface area contributed by atoms with Gasteiger partial charge in [-0.2, -0.15) is 0 Å². The zero-order valence-corrected chi connectivity index (χ0v) is 17.1. The van der Waals surface area contributed by atoms with Gasteiger partial charge in [0.25, 0.3) is 0 Å². The van der Waals surface area contributed by atoms with E-state index in [1.54, 1.807) is 30.8 Å². The molecule has 0 spiro atoms. The summed E-state index contributed by atoms with van der Waals surface area (Å²) in [6.45, 7) is 3.82. The van der Waals surface area contributed by atoms with E-state index < -0.39 is 11.9 Å². The standard InChI is InChI=1S/C20H22ClFN2O2S/c1-13(9-10-27-3)7-8-18(25)20-23-11-15(12-24-20)26-14(2)16-5-4-6-17(22)19(16)21/h4-6,9-14H,7-8H2,1-3H3/b10-9+/t13-,14-/m0/s1. The Morgan fingerprint density at radius 3 is 2.70 bits per heavy atom. The first kappa shape index (κ1) is 21.4. The molecule has 0 N–H and O–H groups in total. The molecule has 0 saturated heterocycles. The number of allylic oxidation sites excluding steroid dienone is 1. The molecule has 0 fully saturated rings. The Morgan fingerprint density at radius 1 is 1.33 bits per heavy atom. The van der Waals surface area contributed by atoms with Gasteiger partial charge >= 0.3 is 0 Å². The fraction of sp³-hybridized carbons (Fsp3) is 0.350. The van der Waals surface area contributed by atoms with Crippen LogP contribution in [0.2, 0.25) is 5.02 Å². The number of rotatable bonds is 9. The lowest BCUT2D eigenvalue weighted by Crippen LogP contribution is -2.09. The van der Waals surface area contributed by atoms with Crippen LogP contribution in [0.15, 0.2) is 42.1 Å². The summed E-state index contributed by atoms with van der Waals surface area (Å²) < 4.78 is 19.3. The van der Waals surface area contributed by atoms with Crippen LogP contribution < -0.4 is 4.74 Å². The molecule has 0 saturated carbocycles. The van der Waals surface area contributed by atoms with Gasteiger partial charge in [-0.1, -0.05) is 36.7 Å². The third-order valence-corrected chi connectivity index (χ3v) is 4.81. The van der Waals surface area contributed by atoms with E-state index in [0.717, 1.165) is 6.42 Å². The molecule has 2 rings (SSSR count). The summed E-state index contributed by atoms with van der Waals surface area (Å²) in [5.74, 6) is 0.270. The van der Waals surface area contributed by atoms with Gasteiger partial charge < -0.3 is 4.74 Å². The molecule has 0 unspecified atom stereocenters. The minimum Gasteiger partial charge on any atom is -0.483 e. The lowest BCUT2D eigenvalue weighted by Gasteiger charge is -2.16. The van der Waals surface area contributed by atoms with Crippen LogP contribution in [0.25, 0.3) is 0 Å². The number of halogens is 2. The van der Waals surface area contributed by atoms with Gasteiger partial charge in [-0.3, -0.25) is 4.79 Å². The fourth-order valence-electron chi connectivity index (χ4n) is 2.40. The fourth-order valence-corrected chi connectivity index (χ4v) is 3.11. The number of hydrogen-bond donors (Lipinski definition) is 0. The predicted octanol–water partition coefficient (Wildman–Crippen LogP) is 5.88. The molecule has 0 amide bonds. The number of ketones is 1. The van der Waals surface area contributed by atoms with E-state index in [-0.39, 0.29) is 16.6 Å². The second-order valence-corrected chi connectivity index (χ2v) is 7.27. The number of benzene rings is 1. The molecule has 0 aliphatic heterocycles. The van der Waals surface area contributed by atoms with E-state index in [4.69, 9.17) is 16.3 Å². The Morgan fingerprint density at radius 2 is 2.04 bits per heavy atom. The quantitative estimate of drug-likeness (QED) is 0.484. The maximum Gasteiger partial charge on any atom is 0.200 e. The summed E-state index contributed by atoms with van der Waals surface area (Å²) >= 11 is 7.61. The maximum atomic E-state index is 13.6. The van der Waals surface area contributed by atoms with Gasteiger partial charge in [0, 0.05) is 12.0 Å². The Kier molecular flexibility index (Phi) is 8.25. The highest BCUT2D eigenvalue weighted by Gasteiger charge is 2.16. The minimum absolute atomic E-state index is 0.0300. The molecule has 1 heterocycles. The summed E-state index contributed by atoms with van der Waals surface area (Å²) in [6, 6.07) is 4.56. The number of nitrogens with zero attached hydrogens (tertiary/aromatic N) is 2. The molecule has 1 aromatic heterocycles. The van der Waals surface area contributed by atoms with Crippen LogP contribution in [-0.4, -0.2) is 22.0 Å². The molecular formula is C20H22ClFN2O2S.